The van der Waals surface area contributed by atoms with E-state index in [-0.39, 0.29) is 18.0 Å². The smallest absolute Gasteiger partial charge is 0.338 e. The fourth-order valence-electron chi connectivity index (χ4n) is 3.60. The van der Waals surface area contributed by atoms with Gasteiger partial charge in [0.2, 0.25) is 0 Å². The number of hydrogen-bond acceptors (Lipinski definition) is 5. The van der Waals surface area contributed by atoms with E-state index in [9.17, 15) is 14.0 Å². The maximum atomic E-state index is 13.6. The topological polar surface area (TPSA) is 60.7 Å². The van der Waals surface area contributed by atoms with E-state index in [4.69, 9.17) is 4.74 Å². The van der Waals surface area contributed by atoms with E-state index in [0.717, 1.165) is 11.1 Å². The Balaban J connectivity index is 1.96. The molecule has 0 radical (unpaired) electrons. The normalized spacial score (nSPS) is 16.1. The predicted octanol–water partition coefficient (Wildman–Crippen LogP) is 3.25. The molecule has 31 heavy (non-hydrogen) atoms. The van der Waals surface area contributed by atoms with E-state index < -0.39 is 12.0 Å². The summed E-state index contributed by atoms with van der Waals surface area (Å²) in [6.07, 6.45) is 1.64. The van der Waals surface area contributed by atoms with Gasteiger partial charge in [-0.15, -0.1) is 0 Å². The van der Waals surface area contributed by atoms with Crippen molar-refractivity contribution in [2.75, 3.05) is 6.61 Å². The Labute approximate surface area is 182 Å². The largest absolute Gasteiger partial charge is 0.463 e. The predicted molar refractivity (Wildman–Crippen MR) is 118 cm³/mol. The van der Waals surface area contributed by atoms with Crippen LogP contribution in [0.4, 0.5) is 4.39 Å². The molecule has 0 saturated carbocycles. The number of aryl methyl sites for hydroxylation is 1. The lowest BCUT2D eigenvalue weighted by Gasteiger charge is -2.24. The van der Waals surface area contributed by atoms with Gasteiger partial charge < -0.3 is 4.74 Å². The molecular formula is C24H21FN2O3S. The van der Waals surface area contributed by atoms with E-state index in [1.165, 1.54) is 28.0 Å². The quantitative estimate of drug-likeness (QED) is 0.590. The number of fused-ring (bicyclic) bond motifs is 1. The molecule has 5 nitrogen and oxygen atoms in total. The number of allylic oxidation sites excluding steroid dienone is 1. The molecule has 0 unspecified atom stereocenters. The van der Waals surface area contributed by atoms with Crippen LogP contribution in [0.25, 0.3) is 6.08 Å². The van der Waals surface area contributed by atoms with Gasteiger partial charge in [-0.1, -0.05) is 53.3 Å². The molecule has 3 aromatic rings. The number of hydrogen-bond donors (Lipinski definition) is 0. The number of carbonyl (C=O) groups excluding carboxylic acids is 1. The molecule has 0 aliphatic carbocycles. The summed E-state index contributed by atoms with van der Waals surface area (Å²) < 4.78 is 20.8. The molecule has 1 atom stereocenters. The van der Waals surface area contributed by atoms with Crippen molar-refractivity contribution >= 4 is 23.4 Å². The molecule has 0 amide bonds. The summed E-state index contributed by atoms with van der Waals surface area (Å²) in [6.45, 7) is 5.68. The third-order valence-corrected chi connectivity index (χ3v) is 6.04. The average molecular weight is 437 g/mol. The van der Waals surface area contributed by atoms with Crippen LogP contribution in [0.3, 0.4) is 0 Å². The number of halogens is 1. The summed E-state index contributed by atoms with van der Waals surface area (Å²) in [7, 11) is 0. The van der Waals surface area contributed by atoms with E-state index in [1.54, 1.807) is 32.1 Å². The summed E-state index contributed by atoms with van der Waals surface area (Å²) in [6, 6.07) is 13.1. The first-order valence-electron chi connectivity index (χ1n) is 9.91. The van der Waals surface area contributed by atoms with Crippen LogP contribution in [0, 0.1) is 12.7 Å². The van der Waals surface area contributed by atoms with Gasteiger partial charge in [0.25, 0.3) is 5.56 Å². The second-order valence-electron chi connectivity index (χ2n) is 7.27. The monoisotopic (exact) mass is 436 g/mol. The third kappa shape index (κ3) is 4.01. The average Bonchev–Trinajstić information content (AvgIpc) is 3.02. The minimum atomic E-state index is -0.648. The van der Waals surface area contributed by atoms with Gasteiger partial charge in [0, 0.05) is 0 Å². The lowest BCUT2D eigenvalue weighted by atomic mass is 9.95. The van der Waals surface area contributed by atoms with Crippen molar-refractivity contribution in [3.05, 3.63) is 102 Å². The highest BCUT2D eigenvalue weighted by atomic mass is 32.1. The maximum Gasteiger partial charge on any atom is 0.338 e. The van der Waals surface area contributed by atoms with Gasteiger partial charge >= 0.3 is 5.97 Å². The van der Waals surface area contributed by atoms with E-state index in [2.05, 4.69) is 4.99 Å². The van der Waals surface area contributed by atoms with Gasteiger partial charge in [-0.3, -0.25) is 9.36 Å². The molecule has 1 aliphatic heterocycles. The summed E-state index contributed by atoms with van der Waals surface area (Å²) in [5.41, 5.74) is 3.02. The molecule has 0 spiro atoms. The van der Waals surface area contributed by atoms with Crippen molar-refractivity contribution in [3.63, 3.8) is 0 Å². The van der Waals surface area contributed by atoms with Crippen LogP contribution in [0.1, 0.15) is 36.6 Å². The number of carbonyl (C=O) groups is 1. The third-order valence-electron chi connectivity index (χ3n) is 5.06. The molecule has 0 fully saturated rings. The number of ether oxygens (including phenoxy) is 1. The van der Waals surface area contributed by atoms with Crippen LogP contribution in [0.5, 0.6) is 0 Å². The number of nitrogens with zero attached hydrogens (tertiary/aromatic N) is 2. The maximum absolute atomic E-state index is 13.6. The summed E-state index contributed by atoms with van der Waals surface area (Å²) in [5, 5.41) is 0. The first kappa shape index (κ1) is 20.9. The lowest BCUT2D eigenvalue weighted by Crippen LogP contribution is -2.39. The number of aromatic nitrogens is 1. The van der Waals surface area contributed by atoms with Crippen LogP contribution >= 0.6 is 11.3 Å². The highest BCUT2D eigenvalue weighted by molar-refractivity contribution is 7.07. The van der Waals surface area contributed by atoms with Crippen LogP contribution in [-0.4, -0.2) is 17.1 Å². The Hall–Kier alpha value is -3.32. The van der Waals surface area contributed by atoms with Crippen molar-refractivity contribution < 1.29 is 13.9 Å². The Morgan fingerprint density at radius 3 is 2.65 bits per heavy atom. The minimum Gasteiger partial charge on any atom is -0.463 e. The molecule has 2 aromatic carbocycles. The van der Waals surface area contributed by atoms with Crippen LogP contribution < -0.4 is 14.9 Å². The highest BCUT2D eigenvalue weighted by Gasteiger charge is 2.33. The number of esters is 1. The zero-order valence-electron chi connectivity index (χ0n) is 17.4. The molecule has 0 bridgehead atoms. The molecule has 158 valence electrons. The van der Waals surface area contributed by atoms with Crippen molar-refractivity contribution in [2.45, 2.75) is 26.8 Å². The van der Waals surface area contributed by atoms with Gasteiger partial charge in [-0.2, -0.15) is 0 Å². The van der Waals surface area contributed by atoms with Gasteiger partial charge in [0.1, 0.15) is 5.82 Å². The fourth-order valence-corrected chi connectivity index (χ4v) is 4.65. The van der Waals surface area contributed by atoms with Gasteiger partial charge in [0.15, 0.2) is 4.80 Å². The number of rotatable bonds is 4. The molecule has 0 N–H and O–H groups in total. The number of thiazole rings is 1. The number of benzene rings is 2. The Morgan fingerprint density at radius 2 is 1.97 bits per heavy atom. The lowest BCUT2D eigenvalue weighted by molar-refractivity contribution is -0.139. The second kappa shape index (κ2) is 8.43. The van der Waals surface area contributed by atoms with E-state index in [0.29, 0.717) is 26.2 Å². The van der Waals surface area contributed by atoms with Gasteiger partial charge in [-0.05, 0) is 50.1 Å². The second-order valence-corrected chi connectivity index (χ2v) is 8.28. The summed E-state index contributed by atoms with van der Waals surface area (Å²) in [5.74, 6) is -0.867. The Kier molecular flexibility index (Phi) is 5.69. The zero-order chi connectivity index (χ0) is 22.1. The molecule has 7 heteroatoms. The Bertz CT molecular complexity index is 1370. The summed E-state index contributed by atoms with van der Waals surface area (Å²) >= 11 is 1.21. The summed E-state index contributed by atoms with van der Waals surface area (Å²) in [4.78, 5) is 31.2. The minimum absolute atomic E-state index is 0.222. The van der Waals surface area contributed by atoms with Crippen LogP contribution in [-0.2, 0) is 9.53 Å². The first-order chi connectivity index (χ1) is 14.9. The Morgan fingerprint density at radius 1 is 1.23 bits per heavy atom. The SMILES string of the molecule is CCOC(=O)C1=C(C)N=c2s/c(=C/c3cccc(F)c3)c(=O)n2[C@@H]1c1ccc(C)cc1. The highest BCUT2D eigenvalue weighted by Crippen LogP contribution is 2.30. The first-order valence-corrected chi connectivity index (χ1v) is 10.7. The van der Waals surface area contributed by atoms with Crippen molar-refractivity contribution in [3.8, 4) is 0 Å². The molecule has 2 heterocycles. The van der Waals surface area contributed by atoms with E-state index in [1.807, 2.05) is 31.2 Å². The molecule has 1 aromatic heterocycles. The van der Waals surface area contributed by atoms with E-state index >= 15 is 0 Å². The van der Waals surface area contributed by atoms with Crippen molar-refractivity contribution in [1.29, 1.82) is 0 Å². The standard InChI is InChI=1S/C24H21FN2O3S/c1-4-30-23(29)20-15(3)26-24-27(21(20)17-10-8-14(2)9-11-17)22(28)19(31-24)13-16-6-5-7-18(25)12-16/h5-13,21H,4H2,1-3H3/b19-13+/t21-/m1/s1. The zero-order valence-corrected chi connectivity index (χ0v) is 18.2. The molecule has 1 aliphatic rings. The van der Waals surface area contributed by atoms with Crippen molar-refractivity contribution in [1.82, 2.24) is 4.57 Å². The van der Waals surface area contributed by atoms with Gasteiger partial charge in [0.05, 0.1) is 28.5 Å². The molecule has 0 saturated heterocycles. The van der Waals surface area contributed by atoms with Crippen LogP contribution in [0.2, 0.25) is 0 Å². The fraction of sp³-hybridized carbons (Fsp3) is 0.208. The van der Waals surface area contributed by atoms with Crippen LogP contribution in [0.15, 0.2) is 69.6 Å². The van der Waals surface area contributed by atoms with Gasteiger partial charge in [-0.25, -0.2) is 14.2 Å². The molecular weight excluding hydrogens is 415 g/mol. The molecule has 4 rings (SSSR count). The van der Waals surface area contributed by atoms with Crippen molar-refractivity contribution in [2.24, 2.45) is 4.99 Å².